The molecule has 0 saturated heterocycles. The summed E-state index contributed by atoms with van der Waals surface area (Å²) in [6.45, 7) is 0. The molecule has 0 bridgehead atoms. The van der Waals surface area contributed by atoms with Gasteiger partial charge in [0.05, 0.1) is 5.69 Å². The number of nitrogens with zero attached hydrogens (tertiary/aromatic N) is 1. The van der Waals surface area contributed by atoms with Crippen molar-refractivity contribution < 1.29 is 4.42 Å². The molecule has 3 heteroatoms. The first-order chi connectivity index (χ1) is 33.2. The van der Waals surface area contributed by atoms with E-state index in [4.69, 9.17) is 4.42 Å². The van der Waals surface area contributed by atoms with Crippen LogP contribution in [-0.4, -0.2) is 0 Å². The molecule has 314 valence electrons. The first-order valence-electron chi connectivity index (χ1n) is 22.8. The van der Waals surface area contributed by atoms with Crippen molar-refractivity contribution in [1.82, 2.24) is 0 Å². The van der Waals surface area contributed by atoms with Crippen molar-refractivity contribution in [3.63, 3.8) is 0 Å². The Labute approximate surface area is 392 Å². The minimum Gasteiger partial charge on any atom is -0.456 e. The first-order valence-corrected chi connectivity index (χ1v) is 23.6. The molecule has 0 radical (unpaired) electrons. The van der Waals surface area contributed by atoms with Gasteiger partial charge in [-0.15, -0.1) is 11.3 Å². The Bertz CT molecular complexity index is 3970. The van der Waals surface area contributed by atoms with E-state index in [1.165, 1.54) is 75.5 Å². The molecular weight excluding hydrogens is 831 g/mol. The van der Waals surface area contributed by atoms with Crippen LogP contribution in [-0.2, 0) is 0 Å². The standard InChI is InChI=1S/C64H41NOS/c1-2-15-44(16-3-1)53-38-39-58(63-57-23-9-11-27-61(57)67-64(53)63)65(50-34-30-43(31-35-50)47-18-12-19-48(40-47)49-29-28-42-14-4-5-17-46(42)41-49)51-36-32-45(33-37-51)52-20-6-7-21-54(52)55-24-13-26-60-62(55)56-22-8-10-25-59(56)66-60/h1-41H. The number of thiophene rings is 1. The van der Waals surface area contributed by atoms with E-state index in [9.17, 15) is 0 Å². The number of furan rings is 1. The molecule has 0 aliphatic carbocycles. The zero-order valence-electron chi connectivity index (χ0n) is 36.4. The van der Waals surface area contributed by atoms with E-state index in [0.29, 0.717) is 0 Å². The third-order valence-corrected chi connectivity index (χ3v) is 14.5. The van der Waals surface area contributed by atoms with Crippen LogP contribution in [0, 0.1) is 0 Å². The van der Waals surface area contributed by atoms with Crippen molar-refractivity contribution >= 4 is 81.3 Å². The van der Waals surface area contributed by atoms with Crippen LogP contribution in [0.3, 0.4) is 0 Å². The van der Waals surface area contributed by atoms with Gasteiger partial charge in [-0.1, -0.05) is 188 Å². The van der Waals surface area contributed by atoms with Gasteiger partial charge in [-0.3, -0.25) is 0 Å². The van der Waals surface area contributed by atoms with Crippen molar-refractivity contribution in [2.45, 2.75) is 0 Å². The molecule has 67 heavy (non-hydrogen) atoms. The molecular formula is C64H41NOS. The average molecular weight is 872 g/mol. The Morgan fingerprint density at radius 1 is 0.313 bits per heavy atom. The van der Waals surface area contributed by atoms with Crippen molar-refractivity contribution in [3.05, 3.63) is 249 Å². The van der Waals surface area contributed by atoms with Crippen molar-refractivity contribution in [2.24, 2.45) is 0 Å². The first kappa shape index (κ1) is 38.9. The van der Waals surface area contributed by atoms with Crippen LogP contribution >= 0.6 is 11.3 Å². The highest BCUT2D eigenvalue weighted by Crippen LogP contribution is 2.49. The minimum atomic E-state index is 0.897. The summed E-state index contributed by atoms with van der Waals surface area (Å²) in [7, 11) is 0. The zero-order valence-corrected chi connectivity index (χ0v) is 37.3. The van der Waals surface area contributed by atoms with E-state index in [2.05, 4.69) is 248 Å². The van der Waals surface area contributed by atoms with Crippen LogP contribution in [0.25, 0.3) is 109 Å². The predicted molar refractivity (Wildman–Crippen MR) is 286 cm³/mol. The largest absolute Gasteiger partial charge is 0.456 e. The van der Waals surface area contributed by atoms with Gasteiger partial charge in [0.15, 0.2) is 0 Å². The Morgan fingerprint density at radius 2 is 0.881 bits per heavy atom. The maximum Gasteiger partial charge on any atom is 0.136 e. The molecule has 0 atom stereocenters. The van der Waals surface area contributed by atoms with Gasteiger partial charge in [0.1, 0.15) is 11.2 Å². The smallest absolute Gasteiger partial charge is 0.136 e. The summed E-state index contributed by atoms with van der Waals surface area (Å²) < 4.78 is 8.89. The lowest BCUT2D eigenvalue weighted by atomic mass is 9.92. The van der Waals surface area contributed by atoms with Crippen molar-refractivity contribution in [3.8, 4) is 55.6 Å². The maximum absolute atomic E-state index is 6.33. The number of para-hydroxylation sites is 1. The van der Waals surface area contributed by atoms with Gasteiger partial charge in [-0.2, -0.15) is 0 Å². The summed E-state index contributed by atoms with van der Waals surface area (Å²) in [5.74, 6) is 0. The van der Waals surface area contributed by atoms with E-state index < -0.39 is 0 Å². The van der Waals surface area contributed by atoms with E-state index in [1.807, 2.05) is 17.4 Å². The van der Waals surface area contributed by atoms with Crippen LogP contribution < -0.4 is 4.90 Å². The van der Waals surface area contributed by atoms with Gasteiger partial charge in [0.25, 0.3) is 0 Å². The molecule has 0 unspecified atom stereocenters. The maximum atomic E-state index is 6.33. The van der Waals surface area contributed by atoms with E-state index in [-0.39, 0.29) is 0 Å². The van der Waals surface area contributed by atoms with Crippen LogP contribution in [0.4, 0.5) is 17.1 Å². The summed E-state index contributed by atoms with van der Waals surface area (Å²) in [6, 6.07) is 90.2. The second-order valence-corrected chi connectivity index (χ2v) is 18.2. The van der Waals surface area contributed by atoms with Crippen LogP contribution in [0.5, 0.6) is 0 Å². The second-order valence-electron chi connectivity index (χ2n) is 17.2. The number of anilines is 3. The fraction of sp³-hybridized carbons (Fsp3) is 0. The highest BCUT2D eigenvalue weighted by Gasteiger charge is 2.22. The third-order valence-electron chi connectivity index (χ3n) is 13.3. The molecule has 13 aromatic rings. The fourth-order valence-electron chi connectivity index (χ4n) is 10.1. The van der Waals surface area contributed by atoms with Gasteiger partial charge in [-0.05, 0) is 127 Å². The minimum absolute atomic E-state index is 0.897. The van der Waals surface area contributed by atoms with Gasteiger partial charge < -0.3 is 9.32 Å². The van der Waals surface area contributed by atoms with Crippen LogP contribution in [0.15, 0.2) is 253 Å². The van der Waals surface area contributed by atoms with E-state index >= 15 is 0 Å². The molecule has 0 fully saturated rings. The molecule has 0 N–H and O–H groups in total. The molecule has 0 aliphatic rings. The zero-order chi connectivity index (χ0) is 44.3. The average Bonchev–Trinajstić information content (AvgIpc) is 3.99. The van der Waals surface area contributed by atoms with Gasteiger partial charge >= 0.3 is 0 Å². The fourth-order valence-corrected chi connectivity index (χ4v) is 11.3. The Balaban J connectivity index is 0.946. The molecule has 2 nitrogen and oxygen atoms in total. The number of hydrogen-bond acceptors (Lipinski definition) is 3. The Morgan fingerprint density at radius 3 is 1.70 bits per heavy atom. The summed E-state index contributed by atoms with van der Waals surface area (Å²) in [5, 5.41) is 7.28. The van der Waals surface area contributed by atoms with Crippen molar-refractivity contribution in [2.75, 3.05) is 4.90 Å². The molecule has 0 amide bonds. The quantitative estimate of drug-likeness (QED) is 0.151. The molecule has 11 aromatic carbocycles. The second kappa shape index (κ2) is 16.2. The van der Waals surface area contributed by atoms with E-state index in [1.54, 1.807) is 0 Å². The van der Waals surface area contributed by atoms with Gasteiger partial charge in [0.2, 0.25) is 0 Å². The number of rotatable bonds is 8. The predicted octanol–water partition coefficient (Wildman–Crippen LogP) is 18.9. The SMILES string of the molecule is c1ccc(-c2ccc(N(c3ccc(-c4cccc(-c5ccc6ccccc6c5)c4)cc3)c3ccc(-c4ccccc4-c4cccc5oc6ccccc6c45)cc3)c3c2sc2ccccc23)cc1. The molecule has 0 saturated carbocycles. The topological polar surface area (TPSA) is 16.4 Å². The lowest BCUT2D eigenvalue weighted by Gasteiger charge is -2.27. The van der Waals surface area contributed by atoms with Crippen molar-refractivity contribution in [1.29, 1.82) is 0 Å². The molecule has 0 spiro atoms. The summed E-state index contributed by atoms with van der Waals surface area (Å²) in [4.78, 5) is 2.44. The highest BCUT2D eigenvalue weighted by molar-refractivity contribution is 7.26. The monoisotopic (exact) mass is 871 g/mol. The summed E-state index contributed by atoms with van der Waals surface area (Å²) in [5.41, 5.74) is 17.0. The van der Waals surface area contributed by atoms with Crippen LogP contribution in [0.1, 0.15) is 0 Å². The summed E-state index contributed by atoms with van der Waals surface area (Å²) in [6.07, 6.45) is 0. The molecule has 2 aromatic heterocycles. The molecule has 13 rings (SSSR count). The number of fused-ring (bicyclic) bond motifs is 7. The number of hydrogen-bond donors (Lipinski definition) is 0. The Hall–Kier alpha value is -8.50. The lowest BCUT2D eigenvalue weighted by Crippen LogP contribution is -2.10. The number of benzene rings is 11. The molecule has 2 heterocycles. The normalized spacial score (nSPS) is 11.6. The molecule has 0 aliphatic heterocycles. The van der Waals surface area contributed by atoms with Gasteiger partial charge in [0, 0.05) is 42.3 Å². The third kappa shape index (κ3) is 6.79. The van der Waals surface area contributed by atoms with Gasteiger partial charge in [-0.25, -0.2) is 0 Å². The van der Waals surface area contributed by atoms with E-state index in [0.717, 1.165) is 50.1 Å². The summed E-state index contributed by atoms with van der Waals surface area (Å²) >= 11 is 1.87. The van der Waals surface area contributed by atoms with Crippen LogP contribution in [0.2, 0.25) is 0 Å². The Kier molecular flexibility index (Phi) is 9.40. The lowest BCUT2D eigenvalue weighted by molar-refractivity contribution is 0.669. The highest BCUT2D eigenvalue weighted by atomic mass is 32.1.